The highest BCUT2D eigenvalue weighted by atomic mass is 32.2. The number of amides is 1. The van der Waals surface area contributed by atoms with Crippen molar-refractivity contribution in [3.8, 4) is 5.75 Å². The zero-order chi connectivity index (χ0) is 18.8. The van der Waals surface area contributed by atoms with Crippen LogP contribution in [-0.4, -0.2) is 39.8 Å². The minimum absolute atomic E-state index is 0.136. The summed E-state index contributed by atoms with van der Waals surface area (Å²) in [6, 6.07) is 10.00. The van der Waals surface area contributed by atoms with E-state index in [4.69, 9.17) is 4.74 Å². The van der Waals surface area contributed by atoms with Crippen molar-refractivity contribution in [3.63, 3.8) is 0 Å². The Bertz CT molecular complexity index is 888. The number of sulfonamides is 1. The second kappa shape index (κ2) is 7.25. The minimum atomic E-state index is -3.63. The Hall–Kier alpha value is -2.38. The van der Waals surface area contributed by atoms with Crippen LogP contribution in [0.15, 0.2) is 41.3 Å². The first-order valence-electron chi connectivity index (χ1n) is 7.66. The van der Waals surface area contributed by atoms with E-state index in [1.807, 2.05) is 0 Å². The number of rotatable bonds is 5. The van der Waals surface area contributed by atoms with Gasteiger partial charge in [0.15, 0.2) is 0 Å². The largest absolute Gasteiger partial charge is 0.497 e. The van der Waals surface area contributed by atoms with Crippen molar-refractivity contribution < 1.29 is 17.9 Å². The molecule has 25 heavy (non-hydrogen) atoms. The Kier molecular flexibility index (Phi) is 5.49. The van der Waals surface area contributed by atoms with Crippen molar-refractivity contribution in [3.05, 3.63) is 53.1 Å². The maximum atomic E-state index is 12.5. The van der Waals surface area contributed by atoms with E-state index in [1.165, 1.54) is 20.2 Å². The van der Waals surface area contributed by atoms with E-state index in [0.29, 0.717) is 22.6 Å². The molecule has 0 fully saturated rings. The fourth-order valence-corrected chi connectivity index (χ4v) is 3.52. The predicted octanol–water partition coefficient (Wildman–Crippen LogP) is 2.81. The molecule has 0 radical (unpaired) electrons. The first-order chi connectivity index (χ1) is 11.7. The van der Waals surface area contributed by atoms with Crippen LogP contribution in [0.3, 0.4) is 0 Å². The van der Waals surface area contributed by atoms with Crippen molar-refractivity contribution in [2.45, 2.75) is 18.7 Å². The smallest absolute Gasteiger partial charge is 0.255 e. The molecule has 0 bridgehead atoms. The molecule has 7 heteroatoms. The average Bonchev–Trinajstić information content (AvgIpc) is 2.57. The zero-order valence-electron chi connectivity index (χ0n) is 15.0. The first kappa shape index (κ1) is 19.0. The van der Waals surface area contributed by atoms with Gasteiger partial charge in [0.2, 0.25) is 10.0 Å². The molecule has 0 atom stereocenters. The molecular weight excluding hydrogens is 340 g/mol. The SMILES string of the molecule is COc1ccc(NC(=O)c2cc(C)c(C)c(S(=O)(=O)N(C)C)c2)cc1. The summed E-state index contributed by atoms with van der Waals surface area (Å²) in [5.74, 6) is 0.312. The lowest BCUT2D eigenvalue weighted by atomic mass is 10.1. The molecule has 0 heterocycles. The van der Waals surface area contributed by atoms with Gasteiger partial charge in [-0.25, -0.2) is 12.7 Å². The van der Waals surface area contributed by atoms with E-state index < -0.39 is 10.0 Å². The highest BCUT2D eigenvalue weighted by Crippen LogP contribution is 2.24. The Morgan fingerprint density at radius 3 is 2.20 bits per heavy atom. The summed E-state index contributed by atoms with van der Waals surface area (Å²) in [5.41, 5.74) is 2.26. The van der Waals surface area contributed by atoms with Crippen LogP contribution in [0.2, 0.25) is 0 Å². The number of aryl methyl sites for hydroxylation is 1. The monoisotopic (exact) mass is 362 g/mol. The van der Waals surface area contributed by atoms with Gasteiger partial charge in [0, 0.05) is 25.3 Å². The fourth-order valence-electron chi connectivity index (χ4n) is 2.30. The zero-order valence-corrected chi connectivity index (χ0v) is 15.8. The number of ether oxygens (including phenoxy) is 1. The molecular formula is C18H22N2O4S. The molecule has 0 aliphatic rings. The Labute approximate surface area is 148 Å². The molecule has 6 nitrogen and oxygen atoms in total. The third kappa shape index (κ3) is 4.00. The van der Waals surface area contributed by atoms with Crippen molar-refractivity contribution in [1.82, 2.24) is 4.31 Å². The van der Waals surface area contributed by atoms with Crippen molar-refractivity contribution in [1.29, 1.82) is 0 Å². The van der Waals surface area contributed by atoms with Gasteiger partial charge in [-0.1, -0.05) is 0 Å². The van der Waals surface area contributed by atoms with E-state index in [0.717, 1.165) is 9.87 Å². The molecule has 0 unspecified atom stereocenters. The lowest BCUT2D eigenvalue weighted by Crippen LogP contribution is -2.24. The maximum absolute atomic E-state index is 12.5. The van der Waals surface area contributed by atoms with Gasteiger partial charge in [0.1, 0.15) is 5.75 Å². The third-order valence-corrected chi connectivity index (χ3v) is 5.93. The quantitative estimate of drug-likeness (QED) is 0.887. The summed E-state index contributed by atoms with van der Waals surface area (Å²) in [4.78, 5) is 12.7. The number of nitrogens with zero attached hydrogens (tertiary/aromatic N) is 1. The van der Waals surface area contributed by atoms with Crippen molar-refractivity contribution in [2.24, 2.45) is 0 Å². The summed E-state index contributed by atoms with van der Waals surface area (Å²) in [7, 11) is 0.867. The van der Waals surface area contributed by atoms with Gasteiger partial charge in [0.05, 0.1) is 12.0 Å². The predicted molar refractivity (Wildman–Crippen MR) is 97.7 cm³/mol. The topological polar surface area (TPSA) is 75.7 Å². The molecule has 0 saturated heterocycles. The van der Waals surface area contributed by atoms with Gasteiger partial charge in [-0.3, -0.25) is 4.79 Å². The lowest BCUT2D eigenvalue weighted by Gasteiger charge is -2.16. The highest BCUT2D eigenvalue weighted by Gasteiger charge is 2.23. The van der Waals surface area contributed by atoms with Gasteiger partial charge in [-0.15, -0.1) is 0 Å². The number of nitrogens with one attached hydrogen (secondary N) is 1. The van der Waals surface area contributed by atoms with Gasteiger partial charge in [-0.2, -0.15) is 0 Å². The number of carbonyl (C=O) groups excluding carboxylic acids is 1. The van der Waals surface area contributed by atoms with E-state index in [2.05, 4.69) is 5.32 Å². The molecule has 2 aromatic carbocycles. The van der Waals surface area contributed by atoms with Crippen LogP contribution in [-0.2, 0) is 10.0 Å². The number of benzene rings is 2. The molecule has 1 amide bonds. The van der Waals surface area contributed by atoms with E-state index in [-0.39, 0.29) is 10.8 Å². The fraction of sp³-hybridized carbons (Fsp3) is 0.278. The van der Waals surface area contributed by atoms with E-state index in [9.17, 15) is 13.2 Å². The first-order valence-corrected chi connectivity index (χ1v) is 9.10. The molecule has 0 aromatic heterocycles. The minimum Gasteiger partial charge on any atom is -0.497 e. The van der Waals surface area contributed by atoms with Gasteiger partial charge in [-0.05, 0) is 61.4 Å². The van der Waals surface area contributed by atoms with Crippen LogP contribution in [0.25, 0.3) is 0 Å². The third-order valence-electron chi connectivity index (χ3n) is 3.99. The summed E-state index contributed by atoms with van der Waals surface area (Å²) in [5, 5.41) is 2.76. The summed E-state index contributed by atoms with van der Waals surface area (Å²) < 4.78 is 31.2. The molecule has 2 rings (SSSR count). The molecule has 0 aliphatic heterocycles. The van der Waals surface area contributed by atoms with Gasteiger partial charge >= 0.3 is 0 Å². The van der Waals surface area contributed by atoms with Gasteiger partial charge < -0.3 is 10.1 Å². The van der Waals surface area contributed by atoms with Crippen LogP contribution in [0, 0.1) is 13.8 Å². The highest BCUT2D eigenvalue weighted by molar-refractivity contribution is 7.89. The molecule has 0 saturated carbocycles. The number of anilines is 1. The Morgan fingerprint density at radius 1 is 1.08 bits per heavy atom. The Morgan fingerprint density at radius 2 is 1.68 bits per heavy atom. The molecule has 1 N–H and O–H groups in total. The van der Waals surface area contributed by atoms with Crippen LogP contribution in [0.4, 0.5) is 5.69 Å². The normalized spacial score (nSPS) is 11.4. The molecule has 134 valence electrons. The van der Waals surface area contributed by atoms with Crippen molar-refractivity contribution >= 4 is 21.6 Å². The van der Waals surface area contributed by atoms with Crippen LogP contribution >= 0.6 is 0 Å². The second-order valence-electron chi connectivity index (χ2n) is 5.89. The maximum Gasteiger partial charge on any atom is 0.255 e. The van der Waals surface area contributed by atoms with Crippen LogP contribution < -0.4 is 10.1 Å². The summed E-state index contributed by atoms with van der Waals surface area (Å²) in [6.45, 7) is 3.52. The van der Waals surface area contributed by atoms with E-state index >= 15 is 0 Å². The Balaban J connectivity index is 2.38. The number of methoxy groups -OCH3 is 1. The number of carbonyl (C=O) groups is 1. The van der Waals surface area contributed by atoms with Gasteiger partial charge in [0.25, 0.3) is 5.91 Å². The molecule has 2 aromatic rings. The van der Waals surface area contributed by atoms with Crippen LogP contribution in [0.5, 0.6) is 5.75 Å². The average molecular weight is 362 g/mol. The van der Waals surface area contributed by atoms with Crippen LogP contribution in [0.1, 0.15) is 21.5 Å². The van der Waals surface area contributed by atoms with E-state index in [1.54, 1.807) is 51.3 Å². The summed E-state index contributed by atoms with van der Waals surface area (Å²) >= 11 is 0. The number of hydrogen-bond acceptors (Lipinski definition) is 4. The lowest BCUT2D eigenvalue weighted by molar-refractivity contribution is 0.102. The standard InChI is InChI=1S/C18H22N2O4S/c1-12-10-14(11-17(13(12)2)25(22,23)20(3)4)18(21)19-15-6-8-16(24-5)9-7-15/h6-11H,1-5H3,(H,19,21). The molecule has 0 spiro atoms. The van der Waals surface area contributed by atoms with Crippen molar-refractivity contribution in [2.75, 3.05) is 26.5 Å². The second-order valence-corrected chi connectivity index (χ2v) is 8.01. The number of hydrogen-bond donors (Lipinski definition) is 1. The summed E-state index contributed by atoms with van der Waals surface area (Å²) in [6.07, 6.45) is 0. The molecule has 0 aliphatic carbocycles.